The van der Waals surface area contributed by atoms with E-state index in [-0.39, 0.29) is 12.3 Å². The van der Waals surface area contributed by atoms with E-state index in [1.165, 1.54) is 5.56 Å². The Morgan fingerprint density at radius 3 is 2.86 bits per heavy atom. The van der Waals surface area contributed by atoms with Crippen molar-refractivity contribution < 1.29 is 14.2 Å². The lowest BCUT2D eigenvalue weighted by Crippen LogP contribution is -2.29. The Balaban J connectivity index is 1.62. The molecule has 2 aromatic rings. The van der Waals surface area contributed by atoms with Crippen LogP contribution in [0.4, 0.5) is 5.69 Å². The Bertz CT molecular complexity index is 683. The van der Waals surface area contributed by atoms with Crippen molar-refractivity contribution in [1.82, 2.24) is 10.4 Å². The summed E-state index contributed by atoms with van der Waals surface area (Å²) in [6.45, 7) is 0. The molecule has 110 valence electrons. The lowest BCUT2D eigenvalue weighted by atomic mass is 10.0. The summed E-state index contributed by atoms with van der Waals surface area (Å²) in [5, 5.41) is 0. The minimum atomic E-state index is 0.102. The SMILES string of the molecule is COc1ccc(Cc2c[nH]c3c2NNC2OC32)cc1OC. The molecule has 0 spiro atoms. The van der Waals surface area contributed by atoms with Crippen LogP contribution < -0.4 is 20.3 Å². The highest BCUT2D eigenvalue weighted by Gasteiger charge is 2.46. The zero-order chi connectivity index (χ0) is 14.4. The molecule has 4 rings (SSSR count). The topological polar surface area (TPSA) is 70.8 Å². The van der Waals surface area contributed by atoms with Crippen LogP contribution in [0.3, 0.4) is 0 Å². The third kappa shape index (κ3) is 2.03. The first kappa shape index (κ1) is 12.6. The fourth-order valence-electron chi connectivity index (χ4n) is 2.79. The van der Waals surface area contributed by atoms with Crippen molar-refractivity contribution in [1.29, 1.82) is 0 Å². The number of aromatic amines is 1. The number of methoxy groups -OCH3 is 2. The molecule has 0 radical (unpaired) electrons. The van der Waals surface area contributed by atoms with Gasteiger partial charge in [-0.15, -0.1) is 0 Å². The molecule has 1 aromatic heterocycles. The van der Waals surface area contributed by atoms with E-state index in [1.54, 1.807) is 14.2 Å². The van der Waals surface area contributed by atoms with Crippen LogP contribution in [-0.4, -0.2) is 25.4 Å². The second-order valence-corrected chi connectivity index (χ2v) is 5.22. The Kier molecular flexibility index (Phi) is 2.80. The Morgan fingerprint density at radius 2 is 2.05 bits per heavy atom. The van der Waals surface area contributed by atoms with E-state index >= 15 is 0 Å². The summed E-state index contributed by atoms with van der Waals surface area (Å²) in [4.78, 5) is 3.31. The number of fused-ring (bicyclic) bond motifs is 3. The van der Waals surface area contributed by atoms with Crippen LogP contribution in [0.1, 0.15) is 22.9 Å². The quantitative estimate of drug-likeness (QED) is 0.750. The predicted molar refractivity (Wildman–Crippen MR) is 77.5 cm³/mol. The summed E-state index contributed by atoms with van der Waals surface area (Å²) >= 11 is 0. The second-order valence-electron chi connectivity index (χ2n) is 5.22. The maximum absolute atomic E-state index is 5.49. The summed E-state index contributed by atoms with van der Waals surface area (Å²) in [5.41, 5.74) is 10.9. The van der Waals surface area contributed by atoms with Crippen molar-refractivity contribution in [3.05, 3.63) is 41.2 Å². The van der Waals surface area contributed by atoms with Gasteiger partial charge in [0.2, 0.25) is 0 Å². The molecule has 0 saturated carbocycles. The third-order valence-corrected chi connectivity index (χ3v) is 3.95. The molecule has 0 bridgehead atoms. The van der Waals surface area contributed by atoms with Gasteiger partial charge in [-0.1, -0.05) is 6.07 Å². The van der Waals surface area contributed by atoms with Gasteiger partial charge in [-0.3, -0.25) is 0 Å². The van der Waals surface area contributed by atoms with Crippen LogP contribution in [0, 0.1) is 0 Å². The number of nitrogens with one attached hydrogen (secondary N) is 3. The third-order valence-electron chi connectivity index (χ3n) is 3.95. The molecule has 3 N–H and O–H groups in total. The van der Waals surface area contributed by atoms with Gasteiger partial charge < -0.3 is 24.6 Å². The molecule has 0 aliphatic carbocycles. The fourth-order valence-corrected chi connectivity index (χ4v) is 2.79. The van der Waals surface area contributed by atoms with Crippen LogP contribution >= 0.6 is 0 Å². The molecule has 2 aliphatic heterocycles. The average molecular weight is 287 g/mol. The standard InChI is InChI=1S/C15H17N3O3/c1-19-10-4-3-8(6-11(10)20-2)5-9-7-16-13-12(9)17-18-15-14(13)21-15/h3-4,6-7,14-18H,5H2,1-2H3. The van der Waals surface area contributed by atoms with Gasteiger partial charge in [0.1, 0.15) is 6.10 Å². The van der Waals surface area contributed by atoms with Crippen molar-refractivity contribution >= 4 is 5.69 Å². The first-order valence-corrected chi connectivity index (χ1v) is 6.88. The molecule has 6 heteroatoms. The number of anilines is 1. The highest BCUT2D eigenvalue weighted by molar-refractivity contribution is 5.60. The Morgan fingerprint density at radius 1 is 1.19 bits per heavy atom. The molecule has 1 aromatic carbocycles. The predicted octanol–water partition coefficient (Wildman–Crippen LogP) is 1.95. The number of ether oxygens (including phenoxy) is 3. The first-order valence-electron chi connectivity index (χ1n) is 6.88. The van der Waals surface area contributed by atoms with Gasteiger partial charge in [0.15, 0.2) is 17.7 Å². The average Bonchev–Trinajstić information content (AvgIpc) is 3.22. The number of H-pyrrole nitrogens is 1. The van der Waals surface area contributed by atoms with Crippen molar-refractivity contribution in [2.75, 3.05) is 19.6 Å². The van der Waals surface area contributed by atoms with E-state index in [0.717, 1.165) is 34.9 Å². The summed E-state index contributed by atoms with van der Waals surface area (Å²) in [6.07, 6.45) is 3.09. The van der Waals surface area contributed by atoms with Crippen LogP contribution in [0.5, 0.6) is 11.5 Å². The molecule has 6 nitrogen and oxygen atoms in total. The van der Waals surface area contributed by atoms with E-state index in [4.69, 9.17) is 14.2 Å². The first-order chi connectivity index (χ1) is 10.3. The van der Waals surface area contributed by atoms with Gasteiger partial charge in [-0.2, -0.15) is 0 Å². The Labute approximate surface area is 122 Å². The van der Waals surface area contributed by atoms with E-state index in [2.05, 4.69) is 15.8 Å². The molecule has 1 saturated heterocycles. The van der Waals surface area contributed by atoms with Crippen molar-refractivity contribution in [2.45, 2.75) is 18.8 Å². The van der Waals surface area contributed by atoms with Gasteiger partial charge in [-0.05, 0) is 23.3 Å². The molecule has 2 unspecified atom stereocenters. The van der Waals surface area contributed by atoms with Crippen molar-refractivity contribution in [3.63, 3.8) is 0 Å². The van der Waals surface area contributed by atoms with Crippen LogP contribution in [0.2, 0.25) is 0 Å². The molecule has 1 fully saturated rings. The lowest BCUT2D eigenvalue weighted by molar-refractivity contribution is 0.354. The molecule has 2 atom stereocenters. The van der Waals surface area contributed by atoms with Crippen LogP contribution in [0.15, 0.2) is 24.4 Å². The fraction of sp³-hybridized carbons (Fsp3) is 0.333. The summed E-state index contributed by atoms with van der Waals surface area (Å²) in [5.74, 6) is 1.49. The summed E-state index contributed by atoms with van der Waals surface area (Å²) < 4.78 is 16.1. The molecular formula is C15H17N3O3. The van der Waals surface area contributed by atoms with E-state index in [0.29, 0.717) is 0 Å². The van der Waals surface area contributed by atoms with Gasteiger partial charge in [0.25, 0.3) is 0 Å². The largest absolute Gasteiger partial charge is 0.493 e. The zero-order valence-corrected chi connectivity index (χ0v) is 11.9. The van der Waals surface area contributed by atoms with Gasteiger partial charge in [-0.25, -0.2) is 5.43 Å². The number of rotatable bonds is 4. The smallest absolute Gasteiger partial charge is 0.160 e. The maximum atomic E-state index is 5.49. The van der Waals surface area contributed by atoms with Gasteiger partial charge in [0, 0.05) is 12.6 Å². The minimum absolute atomic E-state index is 0.102. The summed E-state index contributed by atoms with van der Waals surface area (Å²) in [7, 11) is 3.29. The number of benzene rings is 1. The van der Waals surface area contributed by atoms with E-state index in [9.17, 15) is 0 Å². The van der Waals surface area contributed by atoms with Crippen molar-refractivity contribution in [3.8, 4) is 11.5 Å². The molecule has 2 aliphatic rings. The summed E-state index contributed by atoms with van der Waals surface area (Å²) in [6, 6.07) is 5.98. The van der Waals surface area contributed by atoms with Gasteiger partial charge >= 0.3 is 0 Å². The van der Waals surface area contributed by atoms with E-state index in [1.807, 2.05) is 24.4 Å². The number of hydrogen-bond donors (Lipinski definition) is 3. The second kappa shape index (κ2) is 4.68. The highest BCUT2D eigenvalue weighted by Crippen LogP contribution is 2.44. The number of hydrazine groups is 1. The molecular weight excluding hydrogens is 270 g/mol. The Hall–Kier alpha value is -2.18. The van der Waals surface area contributed by atoms with E-state index < -0.39 is 0 Å². The number of aromatic nitrogens is 1. The van der Waals surface area contributed by atoms with Gasteiger partial charge in [0.05, 0.1) is 25.6 Å². The molecule has 3 heterocycles. The number of hydrogen-bond acceptors (Lipinski definition) is 5. The highest BCUT2D eigenvalue weighted by atomic mass is 16.6. The van der Waals surface area contributed by atoms with Crippen molar-refractivity contribution in [2.24, 2.45) is 0 Å². The lowest BCUT2D eigenvalue weighted by Gasteiger charge is -2.14. The number of epoxide rings is 1. The van der Waals surface area contributed by atoms with Crippen LogP contribution in [-0.2, 0) is 11.2 Å². The molecule has 21 heavy (non-hydrogen) atoms. The zero-order valence-electron chi connectivity index (χ0n) is 11.9. The molecule has 0 amide bonds. The normalized spacial score (nSPS) is 22.0. The maximum Gasteiger partial charge on any atom is 0.160 e. The monoisotopic (exact) mass is 287 g/mol. The minimum Gasteiger partial charge on any atom is -0.493 e. The van der Waals surface area contributed by atoms with Crippen LogP contribution in [0.25, 0.3) is 0 Å².